The number of fused-ring (bicyclic) bond motifs is 3. The van der Waals surface area contributed by atoms with Crippen molar-refractivity contribution in [2.45, 2.75) is 6.92 Å². The Balaban J connectivity index is 2.25. The molecule has 4 rings (SSSR count). The SMILES string of the molecule is CCOc1oc(=O)c2ccc3ccccc3c2c1-c1ccccc1. The zero-order valence-corrected chi connectivity index (χ0v) is 13.3. The average molecular weight is 316 g/mol. The van der Waals surface area contributed by atoms with Crippen molar-refractivity contribution in [3.05, 3.63) is 77.2 Å². The van der Waals surface area contributed by atoms with E-state index in [0.29, 0.717) is 12.0 Å². The summed E-state index contributed by atoms with van der Waals surface area (Å²) in [7, 11) is 0. The van der Waals surface area contributed by atoms with Gasteiger partial charge in [0.25, 0.3) is 5.95 Å². The fraction of sp³-hybridized carbons (Fsp3) is 0.0952. The van der Waals surface area contributed by atoms with E-state index in [2.05, 4.69) is 0 Å². The zero-order valence-electron chi connectivity index (χ0n) is 13.3. The van der Waals surface area contributed by atoms with Crippen molar-refractivity contribution in [1.29, 1.82) is 0 Å². The first kappa shape index (κ1) is 14.5. The fourth-order valence-corrected chi connectivity index (χ4v) is 3.10. The highest BCUT2D eigenvalue weighted by Crippen LogP contribution is 2.39. The molecule has 1 heterocycles. The Morgan fingerprint density at radius 2 is 1.62 bits per heavy atom. The molecule has 4 aromatic rings. The van der Waals surface area contributed by atoms with Gasteiger partial charge in [0.05, 0.1) is 17.6 Å². The smallest absolute Gasteiger partial charge is 0.346 e. The lowest BCUT2D eigenvalue weighted by atomic mass is 9.96. The first-order chi connectivity index (χ1) is 11.8. The second kappa shape index (κ2) is 5.85. The highest BCUT2D eigenvalue weighted by Gasteiger charge is 2.18. The lowest BCUT2D eigenvalue weighted by Gasteiger charge is -2.13. The number of rotatable bonds is 3. The molecule has 0 radical (unpaired) electrons. The molecule has 1 aromatic heterocycles. The second-order valence-corrected chi connectivity index (χ2v) is 5.56. The summed E-state index contributed by atoms with van der Waals surface area (Å²) in [5.41, 5.74) is 1.41. The number of hydrogen-bond donors (Lipinski definition) is 0. The summed E-state index contributed by atoms with van der Waals surface area (Å²) in [4.78, 5) is 12.5. The quantitative estimate of drug-likeness (QED) is 0.499. The molecule has 3 aromatic carbocycles. The van der Waals surface area contributed by atoms with Gasteiger partial charge in [-0.3, -0.25) is 0 Å². The van der Waals surface area contributed by atoms with E-state index >= 15 is 0 Å². The van der Waals surface area contributed by atoms with Crippen molar-refractivity contribution < 1.29 is 9.15 Å². The highest BCUT2D eigenvalue weighted by atomic mass is 16.6. The maximum atomic E-state index is 12.5. The van der Waals surface area contributed by atoms with Gasteiger partial charge < -0.3 is 9.15 Å². The van der Waals surface area contributed by atoms with Gasteiger partial charge in [-0.15, -0.1) is 0 Å². The van der Waals surface area contributed by atoms with Crippen LogP contribution in [0.4, 0.5) is 0 Å². The molecule has 0 unspecified atom stereocenters. The van der Waals surface area contributed by atoms with Crippen LogP contribution < -0.4 is 10.4 Å². The first-order valence-electron chi connectivity index (χ1n) is 7.96. The molecule has 0 bridgehead atoms. The van der Waals surface area contributed by atoms with E-state index in [4.69, 9.17) is 9.15 Å². The second-order valence-electron chi connectivity index (χ2n) is 5.56. The van der Waals surface area contributed by atoms with E-state index in [-0.39, 0.29) is 11.6 Å². The maximum absolute atomic E-state index is 12.5. The number of hydrogen-bond acceptors (Lipinski definition) is 3. The van der Waals surface area contributed by atoms with Crippen molar-refractivity contribution in [3.63, 3.8) is 0 Å². The van der Waals surface area contributed by atoms with E-state index in [1.165, 1.54) is 0 Å². The molecule has 0 saturated heterocycles. The molecular weight excluding hydrogens is 300 g/mol. The van der Waals surface area contributed by atoms with Crippen LogP contribution in [-0.2, 0) is 0 Å². The molecule has 0 spiro atoms. The van der Waals surface area contributed by atoms with Gasteiger partial charge >= 0.3 is 5.63 Å². The molecule has 3 nitrogen and oxygen atoms in total. The van der Waals surface area contributed by atoms with Gasteiger partial charge in [-0.2, -0.15) is 0 Å². The summed E-state index contributed by atoms with van der Waals surface area (Å²) in [5, 5.41) is 3.54. The minimum atomic E-state index is -0.376. The summed E-state index contributed by atoms with van der Waals surface area (Å²) in [6.45, 7) is 2.31. The predicted molar refractivity (Wildman–Crippen MR) is 96.6 cm³/mol. The minimum Gasteiger partial charge on any atom is -0.465 e. The van der Waals surface area contributed by atoms with Crippen LogP contribution in [0.2, 0.25) is 0 Å². The monoisotopic (exact) mass is 316 g/mol. The van der Waals surface area contributed by atoms with Crippen molar-refractivity contribution in [2.24, 2.45) is 0 Å². The van der Waals surface area contributed by atoms with Crippen LogP contribution in [-0.4, -0.2) is 6.61 Å². The van der Waals surface area contributed by atoms with Crippen LogP contribution in [0, 0.1) is 0 Å². The molecule has 24 heavy (non-hydrogen) atoms. The van der Waals surface area contributed by atoms with Crippen molar-refractivity contribution in [1.82, 2.24) is 0 Å². The Bertz CT molecular complexity index is 1080. The molecule has 118 valence electrons. The molecule has 0 fully saturated rings. The molecule has 0 aliphatic carbocycles. The Labute approximate surface area is 139 Å². The third-order valence-corrected chi connectivity index (χ3v) is 4.13. The molecule has 0 N–H and O–H groups in total. The normalized spacial score (nSPS) is 11.0. The van der Waals surface area contributed by atoms with E-state index in [1.54, 1.807) is 0 Å². The van der Waals surface area contributed by atoms with E-state index in [9.17, 15) is 4.79 Å². The Morgan fingerprint density at radius 3 is 2.42 bits per heavy atom. The van der Waals surface area contributed by atoms with Gasteiger partial charge in [0.2, 0.25) is 0 Å². The first-order valence-corrected chi connectivity index (χ1v) is 7.96. The van der Waals surface area contributed by atoms with Crippen LogP contribution in [0.1, 0.15) is 6.92 Å². The molecule has 0 aliphatic heterocycles. The zero-order chi connectivity index (χ0) is 16.5. The number of ether oxygens (including phenoxy) is 1. The van der Waals surface area contributed by atoms with Crippen LogP contribution in [0.5, 0.6) is 5.95 Å². The Kier molecular flexibility index (Phi) is 3.54. The fourth-order valence-electron chi connectivity index (χ4n) is 3.10. The lowest BCUT2D eigenvalue weighted by molar-refractivity contribution is 0.247. The van der Waals surface area contributed by atoms with Crippen LogP contribution in [0.25, 0.3) is 32.7 Å². The third-order valence-electron chi connectivity index (χ3n) is 4.13. The highest BCUT2D eigenvalue weighted by molar-refractivity contribution is 6.14. The van der Waals surface area contributed by atoms with Crippen LogP contribution in [0.3, 0.4) is 0 Å². The average Bonchev–Trinajstić information content (AvgIpc) is 2.63. The minimum absolute atomic E-state index is 0.276. The Hall–Kier alpha value is -3.07. The van der Waals surface area contributed by atoms with E-state index in [1.807, 2.05) is 73.7 Å². The Morgan fingerprint density at radius 1 is 0.875 bits per heavy atom. The summed E-state index contributed by atoms with van der Waals surface area (Å²) < 4.78 is 11.2. The van der Waals surface area contributed by atoms with Crippen molar-refractivity contribution >= 4 is 21.5 Å². The summed E-state index contributed by atoms with van der Waals surface area (Å²) in [5.74, 6) is 0.276. The van der Waals surface area contributed by atoms with Crippen molar-refractivity contribution in [2.75, 3.05) is 6.61 Å². The maximum Gasteiger partial charge on any atom is 0.346 e. The van der Waals surface area contributed by atoms with Gasteiger partial charge in [0.1, 0.15) is 0 Å². The van der Waals surface area contributed by atoms with Crippen LogP contribution in [0.15, 0.2) is 75.9 Å². The standard InChI is InChI=1S/C21H16O3/c1-2-23-21-18(15-9-4-3-5-10-15)19-16-11-7-6-8-14(16)12-13-17(19)20(22)24-21/h3-13H,2H2,1H3. The van der Waals surface area contributed by atoms with Gasteiger partial charge in [-0.25, -0.2) is 4.79 Å². The third kappa shape index (κ3) is 2.26. The summed E-state index contributed by atoms with van der Waals surface area (Å²) >= 11 is 0. The lowest BCUT2D eigenvalue weighted by Crippen LogP contribution is -2.05. The van der Waals surface area contributed by atoms with Crippen molar-refractivity contribution in [3.8, 4) is 17.1 Å². The van der Waals surface area contributed by atoms with Gasteiger partial charge in [-0.1, -0.05) is 60.7 Å². The molecule has 3 heteroatoms. The predicted octanol–water partition coefficient (Wildman–Crippen LogP) is 5.01. The summed E-state index contributed by atoms with van der Waals surface area (Å²) in [6.07, 6.45) is 0. The topological polar surface area (TPSA) is 39.4 Å². The molecule has 0 amide bonds. The van der Waals surface area contributed by atoms with Gasteiger partial charge in [0.15, 0.2) is 0 Å². The van der Waals surface area contributed by atoms with E-state index in [0.717, 1.165) is 27.3 Å². The number of benzene rings is 3. The summed E-state index contributed by atoms with van der Waals surface area (Å²) in [6, 6.07) is 21.7. The largest absolute Gasteiger partial charge is 0.465 e. The van der Waals surface area contributed by atoms with Gasteiger partial charge in [0, 0.05) is 5.39 Å². The van der Waals surface area contributed by atoms with Gasteiger partial charge in [-0.05, 0) is 29.3 Å². The van der Waals surface area contributed by atoms with E-state index < -0.39 is 0 Å². The molecule has 0 saturated carbocycles. The molecule has 0 atom stereocenters. The van der Waals surface area contributed by atoms with Crippen LogP contribution >= 0.6 is 0 Å². The molecular formula is C21H16O3. The molecule has 0 aliphatic rings.